The Hall–Kier alpha value is -2.19. The quantitative estimate of drug-likeness (QED) is 0.503. The SMILES string of the molecule is O=C([O-])[O][Bi]([c]1ccccc1)([c]1ccccc1)[c]1ccccc1. The van der Waals surface area contributed by atoms with Crippen LogP contribution in [-0.2, 0) is 2.81 Å². The van der Waals surface area contributed by atoms with Crippen LogP contribution in [0.3, 0.4) is 0 Å². The molecule has 0 aliphatic heterocycles. The second-order valence-electron chi connectivity index (χ2n) is 4.96. The molecule has 0 aromatic heterocycles. The molecule has 3 nitrogen and oxygen atoms in total. The van der Waals surface area contributed by atoms with Crippen LogP contribution in [0, 0.1) is 0 Å². The number of carbonyl (C=O) groups is 1. The molecule has 115 valence electrons. The minimum absolute atomic E-state index is 0.939. The van der Waals surface area contributed by atoms with Gasteiger partial charge in [0.2, 0.25) is 0 Å². The first-order valence-electron chi connectivity index (χ1n) is 7.20. The van der Waals surface area contributed by atoms with Crippen LogP contribution < -0.4 is 14.9 Å². The van der Waals surface area contributed by atoms with Crippen molar-refractivity contribution in [1.29, 1.82) is 0 Å². The van der Waals surface area contributed by atoms with Gasteiger partial charge in [-0.1, -0.05) is 0 Å². The van der Waals surface area contributed by atoms with Gasteiger partial charge in [-0.2, -0.15) is 0 Å². The number of hydrogen-bond donors (Lipinski definition) is 0. The fourth-order valence-corrected chi connectivity index (χ4v) is 15.1. The molecule has 0 N–H and O–H groups in total. The van der Waals surface area contributed by atoms with Crippen molar-refractivity contribution in [3.63, 3.8) is 0 Å². The van der Waals surface area contributed by atoms with Crippen LogP contribution in [0.15, 0.2) is 91.0 Å². The van der Waals surface area contributed by atoms with Crippen molar-refractivity contribution >= 4 is 36.7 Å². The van der Waals surface area contributed by atoms with E-state index in [1.807, 2.05) is 91.0 Å². The molecule has 0 amide bonds. The average Bonchev–Trinajstić information content (AvgIpc) is 2.62. The minimum atomic E-state index is -4.19. The Bertz CT molecular complexity index is 677. The summed E-state index contributed by atoms with van der Waals surface area (Å²) in [7, 11) is 0. The zero-order chi connectivity index (χ0) is 16.1. The Morgan fingerprint density at radius 1 is 0.652 bits per heavy atom. The van der Waals surface area contributed by atoms with E-state index in [9.17, 15) is 9.90 Å². The van der Waals surface area contributed by atoms with Gasteiger partial charge >= 0.3 is 140 Å². The number of hydrogen-bond acceptors (Lipinski definition) is 3. The first-order valence-corrected chi connectivity index (χ1v) is 13.8. The summed E-state index contributed by atoms with van der Waals surface area (Å²) in [5.74, 6) is 0. The molecule has 3 aromatic rings. The Morgan fingerprint density at radius 3 is 1.22 bits per heavy atom. The van der Waals surface area contributed by atoms with Crippen molar-refractivity contribution in [3.8, 4) is 0 Å². The molecule has 0 unspecified atom stereocenters. The number of rotatable bonds is 4. The summed E-state index contributed by atoms with van der Waals surface area (Å²) in [4.78, 5) is 11.5. The van der Waals surface area contributed by atoms with E-state index < -0.39 is 26.9 Å². The molecule has 0 fully saturated rings. The first kappa shape index (κ1) is 15.7. The summed E-state index contributed by atoms with van der Waals surface area (Å²) in [5.41, 5.74) is 0. The van der Waals surface area contributed by atoms with Crippen molar-refractivity contribution in [2.75, 3.05) is 0 Å². The summed E-state index contributed by atoms with van der Waals surface area (Å²) in [6, 6.07) is 28.9. The molecule has 0 saturated carbocycles. The van der Waals surface area contributed by atoms with E-state index in [0.717, 1.165) is 9.81 Å². The third-order valence-corrected chi connectivity index (χ3v) is 17.2. The average molecular weight is 500 g/mol. The molecule has 23 heavy (non-hydrogen) atoms. The Labute approximate surface area is 140 Å². The van der Waals surface area contributed by atoms with Gasteiger partial charge in [0.25, 0.3) is 0 Å². The van der Waals surface area contributed by atoms with Crippen LogP contribution >= 0.6 is 0 Å². The molecule has 4 heteroatoms. The second-order valence-corrected chi connectivity index (χ2v) is 16.4. The summed E-state index contributed by atoms with van der Waals surface area (Å²) in [6.45, 7) is 0. The van der Waals surface area contributed by atoms with E-state index in [2.05, 4.69) is 0 Å². The Kier molecular flexibility index (Phi) is 4.73. The van der Waals surface area contributed by atoms with E-state index in [4.69, 9.17) is 2.81 Å². The summed E-state index contributed by atoms with van der Waals surface area (Å²) in [5, 5.41) is 11.5. The third-order valence-electron chi connectivity index (χ3n) is 3.57. The van der Waals surface area contributed by atoms with E-state index >= 15 is 0 Å². The van der Waals surface area contributed by atoms with Crippen molar-refractivity contribution in [2.24, 2.45) is 0 Å². The van der Waals surface area contributed by atoms with Crippen LogP contribution in [0.2, 0.25) is 0 Å². The molecule has 3 rings (SSSR count). The fraction of sp³-hybridized carbons (Fsp3) is 0. The molecule has 0 heterocycles. The Morgan fingerprint density at radius 2 is 0.957 bits per heavy atom. The molecule has 0 bridgehead atoms. The molecule has 0 atom stereocenters. The van der Waals surface area contributed by atoms with Crippen LogP contribution in [-0.4, -0.2) is 26.9 Å². The monoisotopic (exact) mass is 500 g/mol. The van der Waals surface area contributed by atoms with E-state index in [-0.39, 0.29) is 0 Å². The normalized spacial score (nSPS) is 11.0. The van der Waals surface area contributed by atoms with Gasteiger partial charge in [-0.15, -0.1) is 0 Å². The molecule has 0 aliphatic carbocycles. The van der Waals surface area contributed by atoms with Gasteiger partial charge < -0.3 is 0 Å². The van der Waals surface area contributed by atoms with Gasteiger partial charge in [-0.05, 0) is 0 Å². The molecule has 0 aliphatic rings. The maximum atomic E-state index is 11.5. The third kappa shape index (κ3) is 3.13. The molecule has 0 spiro atoms. The van der Waals surface area contributed by atoms with Crippen molar-refractivity contribution < 1.29 is 12.7 Å². The zero-order valence-corrected chi connectivity index (χ0v) is 15.8. The molecule has 1 radical (unpaired) electrons. The van der Waals surface area contributed by atoms with E-state index in [0.29, 0.717) is 0 Å². The van der Waals surface area contributed by atoms with Crippen LogP contribution in [0.4, 0.5) is 4.79 Å². The summed E-state index contributed by atoms with van der Waals surface area (Å²) in [6.07, 6.45) is -1.47. The van der Waals surface area contributed by atoms with Crippen molar-refractivity contribution in [2.45, 2.75) is 0 Å². The van der Waals surface area contributed by atoms with Gasteiger partial charge in [0, 0.05) is 0 Å². The summed E-state index contributed by atoms with van der Waals surface area (Å²) >= 11 is -4.19. The fourth-order valence-electron chi connectivity index (χ4n) is 2.63. The molecule has 0 saturated heterocycles. The van der Waals surface area contributed by atoms with Crippen LogP contribution in [0.1, 0.15) is 0 Å². The predicted molar refractivity (Wildman–Crippen MR) is 90.5 cm³/mol. The number of carboxylic acid groups (broad SMARTS) is 1. The van der Waals surface area contributed by atoms with Gasteiger partial charge in [-0.25, -0.2) is 0 Å². The standard InChI is InChI=1S/3C6H5.CH2O3.Bi/c3*1-2-4-6-5-3-1;2-1(3)4;/h3*1-5H;(H2,2,3,4);/q;;;;+1/p-2. The topological polar surface area (TPSA) is 49.4 Å². The maximum absolute atomic E-state index is 11.5. The van der Waals surface area contributed by atoms with Crippen LogP contribution in [0.5, 0.6) is 0 Å². The Balaban J connectivity index is 2.32. The number of benzene rings is 3. The second kappa shape index (κ2) is 6.93. The van der Waals surface area contributed by atoms with Gasteiger partial charge in [-0.3, -0.25) is 0 Å². The molecule has 3 aromatic carbocycles. The summed E-state index contributed by atoms with van der Waals surface area (Å²) < 4.78 is 8.43. The zero-order valence-electron chi connectivity index (χ0n) is 12.3. The molecular weight excluding hydrogens is 485 g/mol. The van der Waals surface area contributed by atoms with E-state index in [1.165, 1.54) is 0 Å². The van der Waals surface area contributed by atoms with Crippen LogP contribution in [0.25, 0.3) is 0 Å². The molecular formula is C19H15BiO3-. The number of carbonyl (C=O) groups excluding carboxylic acids is 1. The van der Waals surface area contributed by atoms with E-state index in [1.54, 1.807) is 0 Å². The van der Waals surface area contributed by atoms with Gasteiger partial charge in [0.05, 0.1) is 0 Å². The predicted octanol–water partition coefficient (Wildman–Crippen LogP) is 1.01. The first-order chi connectivity index (χ1) is 11.2. The van der Waals surface area contributed by atoms with Gasteiger partial charge in [0.1, 0.15) is 0 Å². The van der Waals surface area contributed by atoms with Crippen molar-refractivity contribution in [3.05, 3.63) is 91.0 Å². The van der Waals surface area contributed by atoms with Crippen molar-refractivity contribution in [1.82, 2.24) is 0 Å². The van der Waals surface area contributed by atoms with Gasteiger partial charge in [0.15, 0.2) is 0 Å².